The third-order valence-corrected chi connectivity index (χ3v) is 3.43. The molecule has 1 atom stereocenters. The second-order valence-corrected chi connectivity index (χ2v) is 4.73. The smallest absolute Gasteiger partial charge is 0.165 e. The number of imidazole rings is 1. The Morgan fingerprint density at radius 3 is 2.39 bits per heavy atom. The highest BCUT2D eigenvalue weighted by Gasteiger charge is 2.12. The fraction of sp³-hybridized carbons (Fsp3) is 0.706. The van der Waals surface area contributed by atoms with Gasteiger partial charge in [0.05, 0.1) is 6.33 Å². The van der Waals surface area contributed by atoms with E-state index in [1.807, 2.05) is 46.2 Å². The van der Waals surface area contributed by atoms with E-state index < -0.39 is 0 Å². The first-order valence-corrected chi connectivity index (χ1v) is 8.67. The van der Waals surface area contributed by atoms with Crippen molar-refractivity contribution in [2.24, 2.45) is 5.92 Å². The van der Waals surface area contributed by atoms with Crippen LogP contribution in [-0.4, -0.2) is 38.3 Å². The van der Waals surface area contributed by atoms with Crippen molar-refractivity contribution >= 4 is 17.0 Å². The van der Waals surface area contributed by atoms with Gasteiger partial charge in [0.15, 0.2) is 11.5 Å². The SMILES string of the molecule is CC.CC.CCC(CO)CCn1cnc2c(NC)nc(C)nc21. The quantitative estimate of drug-likeness (QED) is 0.849. The zero-order valence-corrected chi connectivity index (χ0v) is 15.7. The topological polar surface area (TPSA) is 75.9 Å². The van der Waals surface area contributed by atoms with Crippen LogP contribution in [0.2, 0.25) is 0 Å². The van der Waals surface area contributed by atoms with Crippen molar-refractivity contribution in [3.8, 4) is 0 Å². The molecule has 0 saturated heterocycles. The lowest BCUT2D eigenvalue weighted by Crippen LogP contribution is -2.09. The molecule has 0 aliphatic rings. The summed E-state index contributed by atoms with van der Waals surface area (Å²) in [5, 5.41) is 12.3. The van der Waals surface area contributed by atoms with Gasteiger partial charge in [0.25, 0.3) is 0 Å². The van der Waals surface area contributed by atoms with Crippen LogP contribution < -0.4 is 5.32 Å². The molecule has 0 aromatic carbocycles. The highest BCUT2D eigenvalue weighted by molar-refractivity contribution is 5.82. The molecule has 0 aliphatic carbocycles. The lowest BCUT2D eigenvalue weighted by molar-refractivity contribution is 0.210. The van der Waals surface area contributed by atoms with Crippen molar-refractivity contribution in [2.45, 2.75) is 60.9 Å². The van der Waals surface area contributed by atoms with Crippen molar-refractivity contribution in [3.63, 3.8) is 0 Å². The number of aliphatic hydroxyl groups is 1. The van der Waals surface area contributed by atoms with E-state index in [1.165, 1.54) is 0 Å². The van der Waals surface area contributed by atoms with Crippen LogP contribution in [0.3, 0.4) is 0 Å². The third kappa shape index (κ3) is 5.78. The summed E-state index contributed by atoms with van der Waals surface area (Å²) in [7, 11) is 1.83. The lowest BCUT2D eigenvalue weighted by Gasteiger charge is -2.12. The van der Waals surface area contributed by atoms with Crippen LogP contribution in [0.15, 0.2) is 6.33 Å². The molecule has 0 fully saturated rings. The van der Waals surface area contributed by atoms with Gasteiger partial charge in [-0.25, -0.2) is 15.0 Å². The fourth-order valence-electron chi connectivity index (χ4n) is 2.14. The van der Waals surface area contributed by atoms with E-state index in [-0.39, 0.29) is 6.61 Å². The first-order chi connectivity index (χ1) is 11.2. The molecule has 2 rings (SSSR count). The lowest BCUT2D eigenvalue weighted by atomic mass is 10.0. The van der Waals surface area contributed by atoms with Crippen LogP contribution in [0.4, 0.5) is 5.82 Å². The number of hydrogen-bond donors (Lipinski definition) is 2. The molecule has 0 spiro atoms. The highest BCUT2D eigenvalue weighted by Crippen LogP contribution is 2.19. The average molecular weight is 323 g/mol. The summed E-state index contributed by atoms with van der Waals surface area (Å²) in [6.45, 7) is 13.0. The van der Waals surface area contributed by atoms with E-state index in [0.29, 0.717) is 5.92 Å². The van der Waals surface area contributed by atoms with E-state index >= 15 is 0 Å². The van der Waals surface area contributed by atoms with Crippen LogP contribution in [0.5, 0.6) is 0 Å². The van der Waals surface area contributed by atoms with Gasteiger partial charge < -0.3 is 15.0 Å². The fourth-order valence-corrected chi connectivity index (χ4v) is 2.14. The predicted octanol–water partition coefficient (Wildman–Crippen LogP) is 3.64. The number of aromatic nitrogens is 4. The molecule has 2 N–H and O–H groups in total. The van der Waals surface area contributed by atoms with Crippen molar-refractivity contribution in [1.29, 1.82) is 0 Å². The van der Waals surface area contributed by atoms with E-state index in [2.05, 4.69) is 27.2 Å². The number of nitrogens with one attached hydrogen (secondary N) is 1. The summed E-state index contributed by atoms with van der Waals surface area (Å²) in [4.78, 5) is 13.2. The molecule has 2 heterocycles. The summed E-state index contributed by atoms with van der Waals surface area (Å²) in [6.07, 6.45) is 3.71. The number of hydrogen-bond acceptors (Lipinski definition) is 5. The van der Waals surface area contributed by atoms with Gasteiger partial charge in [-0.2, -0.15) is 0 Å². The van der Waals surface area contributed by atoms with Crippen LogP contribution in [0.25, 0.3) is 11.2 Å². The second-order valence-electron chi connectivity index (χ2n) is 4.73. The van der Waals surface area contributed by atoms with Crippen molar-refractivity contribution < 1.29 is 5.11 Å². The Bertz CT molecular complexity index is 549. The van der Waals surface area contributed by atoms with E-state index in [0.717, 1.165) is 42.2 Å². The van der Waals surface area contributed by atoms with Gasteiger partial charge in [-0.05, 0) is 19.3 Å². The Labute approximate surface area is 140 Å². The summed E-state index contributed by atoms with van der Waals surface area (Å²) < 4.78 is 2.03. The Balaban J connectivity index is 0.00000112. The van der Waals surface area contributed by atoms with Gasteiger partial charge in [0.1, 0.15) is 11.3 Å². The predicted molar refractivity (Wildman–Crippen MR) is 97.8 cm³/mol. The van der Waals surface area contributed by atoms with Gasteiger partial charge in [-0.1, -0.05) is 41.0 Å². The van der Waals surface area contributed by atoms with E-state index in [1.54, 1.807) is 6.33 Å². The molecule has 6 nitrogen and oxygen atoms in total. The number of aliphatic hydroxyl groups excluding tert-OH is 1. The average Bonchev–Trinajstić information content (AvgIpc) is 3.01. The van der Waals surface area contributed by atoms with Crippen LogP contribution >= 0.6 is 0 Å². The molecular weight excluding hydrogens is 290 g/mol. The number of aryl methyl sites for hydroxylation is 2. The molecule has 132 valence electrons. The van der Waals surface area contributed by atoms with Crippen LogP contribution in [0, 0.1) is 12.8 Å². The number of rotatable bonds is 6. The second kappa shape index (κ2) is 11.8. The van der Waals surface area contributed by atoms with Crippen molar-refractivity contribution in [3.05, 3.63) is 12.2 Å². The molecule has 0 aliphatic heterocycles. The maximum atomic E-state index is 9.23. The van der Waals surface area contributed by atoms with Crippen LogP contribution in [0.1, 0.15) is 53.3 Å². The summed E-state index contributed by atoms with van der Waals surface area (Å²) in [5.41, 5.74) is 1.65. The number of nitrogens with zero attached hydrogens (tertiary/aromatic N) is 4. The van der Waals surface area contributed by atoms with Gasteiger partial charge in [0.2, 0.25) is 0 Å². The van der Waals surface area contributed by atoms with E-state index in [4.69, 9.17) is 0 Å². The molecule has 0 radical (unpaired) electrons. The molecule has 2 aromatic heterocycles. The molecule has 0 amide bonds. The minimum Gasteiger partial charge on any atom is -0.396 e. The molecule has 1 unspecified atom stereocenters. The normalized spacial score (nSPS) is 11.1. The van der Waals surface area contributed by atoms with Crippen molar-refractivity contribution in [2.75, 3.05) is 19.0 Å². The molecule has 2 aromatic rings. The Kier molecular flexibility index (Phi) is 11.0. The minimum atomic E-state index is 0.235. The van der Waals surface area contributed by atoms with Gasteiger partial charge >= 0.3 is 0 Å². The maximum absolute atomic E-state index is 9.23. The Hall–Kier alpha value is -1.69. The first kappa shape index (κ1) is 21.3. The minimum absolute atomic E-state index is 0.235. The Morgan fingerprint density at radius 2 is 1.87 bits per heavy atom. The van der Waals surface area contributed by atoms with Crippen molar-refractivity contribution in [1.82, 2.24) is 19.5 Å². The Morgan fingerprint density at radius 1 is 1.22 bits per heavy atom. The molecule has 6 heteroatoms. The molecular formula is C17H33N5O. The maximum Gasteiger partial charge on any atom is 0.165 e. The molecule has 0 bridgehead atoms. The third-order valence-electron chi connectivity index (χ3n) is 3.43. The monoisotopic (exact) mass is 323 g/mol. The summed E-state index contributed by atoms with van der Waals surface area (Å²) in [5.74, 6) is 1.83. The standard InChI is InChI=1S/C13H21N5O.2C2H6/c1-4-10(7-19)5-6-18-8-15-11-12(14-3)16-9(2)17-13(11)18;2*1-2/h8,10,19H,4-7H2,1-3H3,(H,14,16,17);2*1-2H3. The van der Waals surface area contributed by atoms with Crippen LogP contribution in [-0.2, 0) is 6.54 Å². The van der Waals surface area contributed by atoms with Gasteiger partial charge in [0, 0.05) is 20.2 Å². The van der Waals surface area contributed by atoms with E-state index in [9.17, 15) is 5.11 Å². The number of anilines is 1. The zero-order chi connectivity index (χ0) is 17.8. The molecule has 0 saturated carbocycles. The number of fused-ring (bicyclic) bond motifs is 1. The molecule has 23 heavy (non-hydrogen) atoms. The largest absolute Gasteiger partial charge is 0.396 e. The first-order valence-electron chi connectivity index (χ1n) is 8.67. The summed E-state index contributed by atoms with van der Waals surface area (Å²) >= 11 is 0. The highest BCUT2D eigenvalue weighted by atomic mass is 16.3. The summed E-state index contributed by atoms with van der Waals surface area (Å²) in [6, 6.07) is 0. The zero-order valence-electron chi connectivity index (χ0n) is 15.7. The van der Waals surface area contributed by atoms with Gasteiger partial charge in [-0.15, -0.1) is 0 Å². The van der Waals surface area contributed by atoms with Gasteiger partial charge in [-0.3, -0.25) is 0 Å².